The summed E-state index contributed by atoms with van der Waals surface area (Å²) in [7, 11) is 0. The van der Waals surface area contributed by atoms with Crippen LogP contribution in [0.4, 0.5) is 0 Å². The van der Waals surface area contributed by atoms with Gasteiger partial charge in [-0.1, -0.05) is 46.3 Å². The number of halogens is 4. The molecule has 6 heteroatoms. The molecule has 170 valence electrons. The van der Waals surface area contributed by atoms with Gasteiger partial charge in [0.05, 0.1) is 0 Å². The summed E-state index contributed by atoms with van der Waals surface area (Å²) in [6, 6.07) is 20.0. The third kappa shape index (κ3) is 2.47. The van der Waals surface area contributed by atoms with E-state index in [-0.39, 0.29) is 10.9 Å². The van der Waals surface area contributed by atoms with Crippen molar-refractivity contribution in [2.75, 3.05) is 0 Å². The smallest absolute Gasteiger partial charge is 0.194 e. The van der Waals surface area contributed by atoms with E-state index in [1.165, 1.54) is 0 Å². The fourth-order valence-electron chi connectivity index (χ4n) is 6.10. The van der Waals surface area contributed by atoms with Gasteiger partial charge in [-0.2, -0.15) is 0 Å². The largest absolute Gasteiger partial charge is 0.289 e. The van der Waals surface area contributed by atoms with Gasteiger partial charge in [-0.15, -0.1) is 0 Å². The molecule has 0 spiro atoms. The monoisotopic (exact) mass is 718 g/mol. The zero-order valence-corrected chi connectivity index (χ0v) is 24.4. The van der Waals surface area contributed by atoms with Gasteiger partial charge in [0.1, 0.15) is 0 Å². The first-order valence-electron chi connectivity index (χ1n) is 11.2. The molecule has 8 rings (SSSR count). The van der Waals surface area contributed by atoms with Crippen LogP contribution in [0.15, 0.2) is 88.1 Å². The highest BCUT2D eigenvalue weighted by atomic mass is 79.9. The minimum Gasteiger partial charge on any atom is -0.289 e. The minimum absolute atomic E-state index is 0.0148. The fraction of sp³-hybridized carbons (Fsp3) is 0. The SMILES string of the molecule is O=c1c2ccccc2c2cc3c(Br)cc4c(=O)c5cc(Br)c(Br)c(Br)c5c5cc6ccc1c2c6c3c45. The predicted molar refractivity (Wildman–Crippen MR) is 166 cm³/mol. The summed E-state index contributed by atoms with van der Waals surface area (Å²) >= 11 is 14.8. The molecule has 0 aliphatic rings. The fourth-order valence-corrected chi connectivity index (χ4v) is 8.29. The molecule has 8 aromatic rings. The predicted octanol–water partition coefficient (Wildman–Crippen LogP) is 9.84. The van der Waals surface area contributed by atoms with Crippen molar-refractivity contribution in [2.45, 2.75) is 0 Å². The average Bonchev–Trinajstić information content (AvgIpc) is 2.88. The van der Waals surface area contributed by atoms with Crippen molar-refractivity contribution < 1.29 is 0 Å². The van der Waals surface area contributed by atoms with Gasteiger partial charge in [0.15, 0.2) is 10.9 Å². The lowest BCUT2D eigenvalue weighted by Gasteiger charge is -2.20. The molecule has 2 nitrogen and oxygen atoms in total. The van der Waals surface area contributed by atoms with E-state index in [2.05, 4.69) is 75.9 Å². The summed E-state index contributed by atoms with van der Waals surface area (Å²) in [6.07, 6.45) is 0. The van der Waals surface area contributed by atoms with E-state index < -0.39 is 0 Å². The first-order valence-corrected chi connectivity index (χ1v) is 14.4. The second kappa shape index (κ2) is 7.13. The van der Waals surface area contributed by atoms with Crippen molar-refractivity contribution in [3.05, 3.63) is 99.0 Å². The molecule has 0 unspecified atom stereocenters. The number of hydrogen-bond donors (Lipinski definition) is 0. The first-order chi connectivity index (χ1) is 17.4. The third-order valence-electron chi connectivity index (χ3n) is 7.56. The Labute approximate surface area is 236 Å². The molecule has 0 aromatic heterocycles. The van der Waals surface area contributed by atoms with Crippen molar-refractivity contribution in [1.29, 1.82) is 0 Å². The van der Waals surface area contributed by atoms with E-state index in [9.17, 15) is 9.59 Å². The van der Waals surface area contributed by atoms with Gasteiger partial charge in [0.25, 0.3) is 0 Å². The first kappa shape index (κ1) is 21.7. The molecule has 0 radical (unpaired) electrons. The van der Waals surface area contributed by atoms with Crippen molar-refractivity contribution in [3.8, 4) is 0 Å². The van der Waals surface area contributed by atoms with Gasteiger partial charge < -0.3 is 0 Å². The lowest BCUT2D eigenvalue weighted by atomic mass is 9.84. The molecular formula is C30H10Br4O2. The maximum Gasteiger partial charge on any atom is 0.194 e. The van der Waals surface area contributed by atoms with Crippen LogP contribution in [0.5, 0.6) is 0 Å². The number of benzene rings is 8. The van der Waals surface area contributed by atoms with E-state index in [4.69, 9.17) is 0 Å². The molecule has 0 saturated carbocycles. The van der Waals surface area contributed by atoms with Gasteiger partial charge in [0.2, 0.25) is 0 Å². The summed E-state index contributed by atoms with van der Waals surface area (Å²) in [5.74, 6) is 0. The van der Waals surface area contributed by atoms with Crippen LogP contribution in [-0.4, -0.2) is 0 Å². The summed E-state index contributed by atoms with van der Waals surface area (Å²) < 4.78 is 3.39. The molecule has 8 aromatic carbocycles. The lowest BCUT2D eigenvalue weighted by molar-refractivity contribution is 1.60. The Kier molecular flexibility index (Phi) is 4.30. The standard InChI is InChI=1S/C30H10Br4O2/c31-20-9-18-24-17(25-19(30(18)36)10-21(32)27(33)28(25)34)7-11-5-6-14-23-15(8-16(20)26(24)22(11)23)12-3-1-2-4-13(12)29(14)35/h1-10H. The average molecular weight is 722 g/mol. The molecule has 0 aliphatic heterocycles. The third-order valence-corrected chi connectivity index (χ3v) is 11.5. The van der Waals surface area contributed by atoms with Gasteiger partial charge in [-0.05, 0) is 116 Å². The maximum atomic E-state index is 13.9. The van der Waals surface area contributed by atoms with Crippen molar-refractivity contribution in [2.24, 2.45) is 0 Å². The molecule has 0 fully saturated rings. The molecule has 0 amide bonds. The Hall–Kier alpha value is -2.38. The Morgan fingerprint density at radius 2 is 1.08 bits per heavy atom. The number of hydrogen-bond acceptors (Lipinski definition) is 2. The quantitative estimate of drug-likeness (QED) is 0.0888. The molecule has 0 aliphatic carbocycles. The van der Waals surface area contributed by atoms with Crippen LogP contribution in [0.3, 0.4) is 0 Å². The lowest BCUT2D eigenvalue weighted by Crippen LogP contribution is -2.07. The zero-order chi connectivity index (χ0) is 24.6. The highest BCUT2D eigenvalue weighted by Crippen LogP contribution is 2.49. The van der Waals surface area contributed by atoms with Crippen LogP contribution in [-0.2, 0) is 0 Å². The Morgan fingerprint density at radius 3 is 1.89 bits per heavy atom. The molecule has 0 atom stereocenters. The molecule has 0 bridgehead atoms. The van der Waals surface area contributed by atoms with Crippen molar-refractivity contribution in [1.82, 2.24) is 0 Å². The van der Waals surface area contributed by atoms with Gasteiger partial charge in [-0.3, -0.25) is 9.59 Å². The van der Waals surface area contributed by atoms with E-state index in [0.717, 1.165) is 77.1 Å². The van der Waals surface area contributed by atoms with Crippen LogP contribution >= 0.6 is 63.7 Å². The van der Waals surface area contributed by atoms with Gasteiger partial charge in [-0.25, -0.2) is 0 Å². The maximum absolute atomic E-state index is 13.9. The summed E-state index contributed by atoms with van der Waals surface area (Å²) in [5.41, 5.74) is 0.0274. The summed E-state index contributed by atoms with van der Waals surface area (Å²) in [4.78, 5) is 27.4. The molecule has 0 saturated heterocycles. The Bertz CT molecular complexity index is 2400. The van der Waals surface area contributed by atoms with E-state index in [1.807, 2.05) is 48.5 Å². The normalized spacial score (nSPS) is 12.7. The Morgan fingerprint density at radius 1 is 0.417 bits per heavy atom. The molecule has 0 heterocycles. The highest BCUT2D eigenvalue weighted by molar-refractivity contribution is 9.14. The van der Waals surface area contributed by atoms with E-state index in [0.29, 0.717) is 16.2 Å². The van der Waals surface area contributed by atoms with E-state index in [1.54, 1.807) is 0 Å². The highest BCUT2D eigenvalue weighted by Gasteiger charge is 2.24. The molecular weight excluding hydrogens is 712 g/mol. The summed E-state index contributed by atoms with van der Waals surface area (Å²) in [6.45, 7) is 0. The zero-order valence-electron chi connectivity index (χ0n) is 18.1. The number of rotatable bonds is 0. The van der Waals surface area contributed by atoms with Gasteiger partial charge in [0, 0.05) is 55.6 Å². The van der Waals surface area contributed by atoms with Crippen LogP contribution < -0.4 is 10.9 Å². The summed E-state index contributed by atoms with van der Waals surface area (Å²) in [5, 5.41) is 12.7. The van der Waals surface area contributed by atoms with Crippen LogP contribution in [0.25, 0.3) is 75.4 Å². The second-order valence-electron chi connectivity index (χ2n) is 9.25. The van der Waals surface area contributed by atoms with Crippen molar-refractivity contribution >= 4 is 139 Å². The minimum atomic E-state index is -0.0148. The van der Waals surface area contributed by atoms with Crippen LogP contribution in [0.1, 0.15) is 0 Å². The number of fused-ring (bicyclic) bond motifs is 4. The van der Waals surface area contributed by atoms with E-state index >= 15 is 0 Å². The Balaban J connectivity index is 1.80. The van der Waals surface area contributed by atoms with Gasteiger partial charge >= 0.3 is 0 Å². The molecule has 0 N–H and O–H groups in total. The van der Waals surface area contributed by atoms with Crippen LogP contribution in [0.2, 0.25) is 0 Å². The van der Waals surface area contributed by atoms with Crippen molar-refractivity contribution in [3.63, 3.8) is 0 Å². The second-order valence-corrected chi connectivity index (χ2v) is 12.5. The topological polar surface area (TPSA) is 34.1 Å². The van der Waals surface area contributed by atoms with Crippen LogP contribution in [0, 0.1) is 0 Å². The molecule has 36 heavy (non-hydrogen) atoms.